The highest BCUT2D eigenvalue weighted by Crippen LogP contribution is 2.14. The van der Waals surface area contributed by atoms with Gasteiger partial charge in [-0.05, 0) is 37.0 Å². The summed E-state index contributed by atoms with van der Waals surface area (Å²) in [6.07, 6.45) is 0.986. The lowest BCUT2D eigenvalue weighted by Gasteiger charge is -2.27. The molecule has 0 amide bonds. The number of aliphatic imine (C=N–C) groups is 1. The van der Waals surface area contributed by atoms with Crippen molar-refractivity contribution in [3.05, 3.63) is 70.8 Å². The molecule has 156 valence electrons. The number of benzene rings is 2. The highest BCUT2D eigenvalue weighted by atomic mass is 16.5. The molecule has 1 aliphatic heterocycles. The normalized spacial score (nSPS) is 15.3. The zero-order chi connectivity index (χ0) is 20.3. The zero-order valence-corrected chi connectivity index (χ0v) is 17.8. The fraction of sp³-hybridized carbons (Fsp3) is 0.458. The van der Waals surface area contributed by atoms with Gasteiger partial charge in [0.1, 0.15) is 0 Å². The van der Waals surface area contributed by atoms with E-state index >= 15 is 0 Å². The van der Waals surface area contributed by atoms with Crippen LogP contribution in [0.2, 0.25) is 0 Å². The minimum absolute atomic E-state index is 0.681. The van der Waals surface area contributed by atoms with Gasteiger partial charge in [0, 0.05) is 32.7 Å². The molecule has 5 heteroatoms. The Labute approximate surface area is 175 Å². The number of guanidine groups is 1. The van der Waals surface area contributed by atoms with Crippen LogP contribution in [0.5, 0.6) is 0 Å². The molecular weight excluding hydrogens is 360 g/mol. The van der Waals surface area contributed by atoms with Crippen LogP contribution in [0.25, 0.3) is 0 Å². The number of morpholine rings is 1. The van der Waals surface area contributed by atoms with Crippen molar-refractivity contribution in [2.45, 2.75) is 33.4 Å². The Bertz CT molecular complexity index is 784. The number of hydrogen-bond acceptors (Lipinski definition) is 3. The highest BCUT2D eigenvalue weighted by molar-refractivity contribution is 5.79. The van der Waals surface area contributed by atoms with Gasteiger partial charge < -0.3 is 15.4 Å². The number of rotatable bonds is 8. The minimum Gasteiger partial charge on any atom is -0.379 e. The molecule has 0 unspecified atom stereocenters. The number of hydrogen-bond donors (Lipinski definition) is 2. The molecule has 0 saturated carbocycles. The van der Waals surface area contributed by atoms with Crippen molar-refractivity contribution in [2.75, 3.05) is 39.4 Å². The van der Waals surface area contributed by atoms with Gasteiger partial charge in [-0.15, -0.1) is 0 Å². The van der Waals surface area contributed by atoms with Gasteiger partial charge in [-0.2, -0.15) is 0 Å². The van der Waals surface area contributed by atoms with Gasteiger partial charge in [0.25, 0.3) is 0 Å². The molecule has 29 heavy (non-hydrogen) atoms. The Morgan fingerprint density at radius 3 is 2.59 bits per heavy atom. The molecule has 2 aromatic carbocycles. The predicted octanol–water partition coefficient (Wildman–Crippen LogP) is 3.13. The average Bonchev–Trinajstić information content (AvgIpc) is 2.74. The third-order valence-corrected chi connectivity index (χ3v) is 5.16. The molecule has 2 aromatic rings. The Morgan fingerprint density at radius 2 is 1.83 bits per heavy atom. The van der Waals surface area contributed by atoms with Gasteiger partial charge >= 0.3 is 0 Å². The fourth-order valence-corrected chi connectivity index (χ4v) is 3.57. The number of aryl methyl sites for hydroxylation is 1. The fourth-order valence-electron chi connectivity index (χ4n) is 3.57. The van der Waals surface area contributed by atoms with E-state index in [0.717, 1.165) is 58.3 Å². The van der Waals surface area contributed by atoms with Crippen LogP contribution in [0.15, 0.2) is 53.5 Å². The molecule has 0 aromatic heterocycles. The summed E-state index contributed by atoms with van der Waals surface area (Å²) in [6.45, 7) is 11.3. The molecular formula is C24H34N4O. The Hall–Kier alpha value is -2.37. The van der Waals surface area contributed by atoms with Crippen molar-refractivity contribution >= 4 is 5.96 Å². The van der Waals surface area contributed by atoms with Gasteiger partial charge in [0.15, 0.2) is 5.96 Å². The third kappa shape index (κ3) is 7.18. The van der Waals surface area contributed by atoms with Crippen LogP contribution < -0.4 is 10.6 Å². The lowest BCUT2D eigenvalue weighted by Crippen LogP contribution is -2.38. The predicted molar refractivity (Wildman–Crippen MR) is 120 cm³/mol. The molecule has 1 saturated heterocycles. The molecule has 0 spiro atoms. The standard InChI is InChI=1S/C24H34N4O/c1-3-25-24(26-12-11-21-8-6-7-20(2)17-21)27-18-22-9-4-5-10-23(22)19-28-13-15-29-16-14-28/h4-10,17H,3,11-16,18-19H2,1-2H3,(H2,25,26,27). The molecule has 0 aliphatic carbocycles. The topological polar surface area (TPSA) is 48.9 Å². The number of nitrogens with one attached hydrogen (secondary N) is 2. The molecule has 0 radical (unpaired) electrons. The van der Waals surface area contributed by atoms with Gasteiger partial charge in [-0.3, -0.25) is 4.90 Å². The molecule has 0 bridgehead atoms. The summed E-state index contributed by atoms with van der Waals surface area (Å²) in [4.78, 5) is 7.29. The lowest BCUT2D eigenvalue weighted by molar-refractivity contribution is 0.0341. The second-order valence-corrected chi connectivity index (χ2v) is 7.52. The van der Waals surface area contributed by atoms with Crippen LogP contribution in [-0.4, -0.2) is 50.3 Å². The van der Waals surface area contributed by atoms with Crippen LogP contribution in [-0.2, 0) is 24.2 Å². The van der Waals surface area contributed by atoms with E-state index in [-0.39, 0.29) is 0 Å². The van der Waals surface area contributed by atoms with Gasteiger partial charge in [0.2, 0.25) is 0 Å². The summed E-state index contributed by atoms with van der Waals surface area (Å²) in [5.41, 5.74) is 5.30. The summed E-state index contributed by atoms with van der Waals surface area (Å²) < 4.78 is 5.47. The van der Waals surface area contributed by atoms with E-state index in [1.807, 2.05) is 0 Å². The maximum absolute atomic E-state index is 5.47. The first-order valence-corrected chi connectivity index (χ1v) is 10.7. The molecule has 3 rings (SSSR count). The highest BCUT2D eigenvalue weighted by Gasteiger charge is 2.12. The maximum atomic E-state index is 5.47. The van der Waals surface area contributed by atoms with Crippen LogP contribution in [0, 0.1) is 6.92 Å². The summed E-state index contributed by atoms with van der Waals surface area (Å²) in [7, 11) is 0. The van der Waals surface area contributed by atoms with Crippen LogP contribution in [0.4, 0.5) is 0 Å². The Morgan fingerprint density at radius 1 is 1.03 bits per heavy atom. The second kappa shape index (κ2) is 11.6. The van der Waals surface area contributed by atoms with Gasteiger partial charge in [-0.25, -0.2) is 4.99 Å². The molecule has 1 heterocycles. The Kier molecular flexibility index (Phi) is 8.53. The van der Waals surface area contributed by atoms with E-state index in [4.69, 9.17) is 9.73 Å². The lowest BCUT2D eigenvalue weighted by atomic mass is 10.1. The Balaban J connectivity index is 1.57. The molecule has 1 aliphatic rings. The first-order valence-electron chi connectivity index (χ1n) is 10.7. The van der Waals surface area contributed by atoms with E-state index in [1.54, 1.807) is 0 Å². The largest absolute Gasteiger partial charge is 0.379 e. The molecule has 2 N–H and O–H groups in total. The quantitative estimate of drug-likeness (QED) is 0.534. The minimum atomic E-state index is 0.681. The van der Waals surface area contributed by atoms with Crippen molar-refractivity contribution in [3.63, 3.8) is 0 Å². The summed E-state index contributed by atoms with van der Waals surface area (Å²) in [5, 5.41) is 6.83. The van der Waals surface area contributed by atoms with Gasteiger partial charge in [-0.1, -0.05) is 54.1 Å². The van der Waals surface area contributed by atoms with Crippen LogP contribution in [0.3, 0.4) is 0 Å². The van der Waals surface area contributed by atoms with E-state index in [1.165, 1.54) is 22.3 Å². The van der Waals surface area contributed by atoms with Gasteiger partial charge in [0.05, 0.1) is 19.8 Å². The summed E-state index contributed by atoms with van der Waals surface area (Å²) in [6, 6.07) is 17.3. The maximum Gasteiger partial charge on any atom is 0.191 e. The first kappa shape index (κ1) is 21.3. The van der Waals surface area contributed by atoms with Crippen LogP contribution >= 0.6 is 0 Å². The number of ether oxygens (including phenoxy) is 1. The average molecular weight is 395 g/mol. The van der Waals surface area contributed by atoms with Crippen molar-refractivity contribution in [2.24, 2.45) is 4.99 Å². The zero-order valence-electron chi connectivity index (χ0n) is 17.8. The second-order valence-electron chi connectivity index (χ2n) is 7.52. The van der Waals surface area contributed by atoms with E-state index in [9.17, 15) is 0 Å². The van der Waals surface area contributed by atoms with Crippen molar-refractivity contribution in [3.8, 4) is 0 Å². The SMILES string of the molecule is CCNC(=NCc1ccccc1CN1CCOCC1)NCCc1cccc(C)c1. The molecule has 0 atom stereocenters. The summed E-state index contributed by atoms with van der Waals surface area (Å²) in [5.74, 6) is 0.876. The summed E-state index contributed by atoms with van der Waals surface area (Å²) >= 11 is 0. The van der Waals surface area contributed by atoms with E-state index < -0.39 is 0 Å². The van der Waals surface area contributed by atoms with Crippen molar-refractivity contribution in [1.82, 2.24) is 15.5 Å². The third-order valence-electron chi connectivity index (χ3n) is 5.16. The molecule has 5 nitrogen and oxygen atoms in total. The van der Waals surface area contributed by atoms with E-state index in [2.05, 4.69) is 77.9 Å². The van der Waals surface area contributed by atoms with E-state index in [0.29, 0.717) is 6.54 Å². The molecule has 1 fully saturated rings. The smallest absolute Gasteiger partial charge is 0.191 e. The van der Waals surface area contributed by atoms with Crippen molar-refractivity contribution in [1.29, 1.82) is 0 Å². The van der Waals surface area contributed by atoms with Crippen LogP contribution in [0.1, 0.15) is 29.2 Å². The van der Waals surface area contributed by atoms with Crippen molar-refractivity contribution < 1.29 is 4.74 Å². The monoisotopic (exact) mass is 394 g/mol. The number of nitrogens with zero attached hydrogens (tertiary/aromatic N) is 2. The first-order chi connectivity index (χ1) is 14.2.